The van der Waals surface area contributed by atoms with Gasteiger partial charge in [0, 0.05) is 19.5 Å². The lowest BCUT2D eigenvalue weighted by atomic mass is 9.85. The van der Waals surface area contributed by atoms with Gasteiger partial charge in [0.1, 0.15) is 0 Å². The predicted molar refractivity (Wildman–Crippen MR) is 67.6 cm³/mol. The Labute approximate surface area is 112 Å². The van der Waals surface area contributed by atoms with Crippen LogP contribution in [0.4, 0.5) is 0 Å². The Morgan fingerprint density at radius 3 is 2.26 bits per heavy atom. The van der Waals surface area contributed by atoms with E-state index in [4.69, 9.17) is 10.2 Å². The second kappa shape index (κ2) is 7.11. The first-order valence-corrected chi connectivity index (χ1v) is 6.70. The first-order valence-electron chi connectivity index (χ1n) is 6.70. The van der Waals surface area contributed by atoms with Gasteiger partial charge in [-0.3, -0.25) is 14.4 Å². The number of aliphatic carboxylic acids is 2. The highest BCUT2D eigenvalue weighted by atomic mass is 16.4. The third kappa shape index (κ3) is 4.22. The predicted octanol–water partition coefficient (Wildman–Crippen LogP) is 1.20. The zero-order valence-corrected chi connectivity index (χ0v) is 11.2. The van der Waals surface area contributed by atoms with Crippen LogP contribution in [0.15, 0.2) is 0 Å². The minimum Gasteiger partial charge on any atom is -0.481 e. The van der Waals surface area contributed by atoms with Crippen LogP contribution in [-0.4, -0.2) is 46.0 Å². The fraction of sp³-hybridized carbons (Fsp3) is 0.769. The van der Waals surface area contributed by atoms with Crippen LogP contribution in [0.5, 0.6) is 0 Å². The fourth-order valence-corrected chi connectivity index (χ4v) is 2.41. The monoisotopic (exact) mass is 271 g/mol. The molecule has 0 aromatic heterocycles. The van der Waals surface area contributed by atoms with E-state index in [0.717, 1.165) is 19.3 Å². The van der Waals surface area contributed by atoms with E-state index in [1.54, 1.807) is 0 Å². The lowest BCUT2D eigenvalue weighted by molar-refractivity contribution is -0.159. The third-order valence-electron chi connectivity index (χ3n) is 3.59. The Balaban J connectivity index is 2.58. The van der Waals surface area contributed by atoms with Crippen LogP contribution in [0.1, 0.15) is 39.0 Å². The van der Waals surface area contributed by atoms with Crippen molar-refractivity contribution < 1.29 is 24.6 Å². The van der Waals surface area contributed by atoms with Crippen molar-refractivity contribution in [2.75, 3.05) is 13.1 Å². The molecule has 0 radical (unpaired) electrons. The average Bonchev–Trinajstić information content (AvgIpc) is 2.38. The molecule has 6 heteroatoms. The van der Waals surface area contributed by atoms with Crippen LogP contribution in [0.25, 0.3) is 0 Å². The molecule has 0 aromatic rings. The molecule has 1 amide bonds. The molecule has 1 heterocycles. The molecule has 6 nitrogen and oxygen atoms in total. The van der Waals surface area contributed by atoms with E-state index in [-0.39, 0.29) is 18.9 Å². The Bertz CT molecular complexity index is 355. The summed E-state index contributed by atoms with van der Waals surface area (Å²) in [4.78, 5) is 35.5. The number of carboxylic acids is 2. The van der Waals surface area contributed by atoms with E-state index in [9.17, 15) is 14.4 Å². The molecule has 1 rings (SSSR count). The number of rotatable bonds is 6. The second-order valence-corrected chi connectivity index (χ2v) is 4.97. The topological polar surface area (TPSA) is 94.9 Å². The van der Waals surface area contributed by atoms with Crippen molar-refractivity contribution in [3.05, 3.63) is 0 Å². The van der Waals surface area contributed by atoms with Crippen LogP contribution in [0, 0.1) is 11.8 Å². The lowest BCUT2D eigenvalue weighted by Gasteiger charge is -2.34. The Morgan fingerprint density at radius 2 is 1.74 bits per heavy atom. The van der Waals surface area contributed by atoms with E-state index in [2.05, 4.69) is 0 Å². The van der Waals surface area contributed by atoms with Gasteiger partial charge in [0.05, 0.1) is 11.8 Å². The highest BCUT2D eigenvalue weighted by molar-refractivity contribution is 5.82. The summed E-state index contributed by atoms with van der Waals surface area (Å²) >= 11 is 0. The van der Waals surface area contributed by atoms with Gasteiger partial charge in [-0.25, -0.2) is 0 Å². The van der Waals surface area contributed by atoms with Gasteiger partial charge in [0.15, 0.2) is 0 Å². The molecule has 1 aliphatic heterocycles. The van der Waals surface area contributed by atoms with Gasteiger partial charge in [-0.1, -0.05) is 19.8 Å². The molecule has 2 atom stereocenters. The average molecular weight is 271 g/mol. The van der Waals surface area contributed by atoms with Crippen molar-refractivity contribution in [2.45, 2.75) is 39.0 Å². The number of piperidine rings is 1. The molecule has 0 saturated carbocycles. The highest BCUT2D eigenvalue weighted by Crippen LogP contribution is 2.25. The molecule has 1 aliphatic rings. The van der Waals surface area contributed by atoms with Crippen molar-refractivity contribution in [1.29, 1.82) is 0 Å². The second-order valence-electron chi connectivity index (χ2n) is 4.97. The van der Waals surface area contributed by atoms with Crippen LogP contribution >= 0.6 is 0 Å². The van der Waals surface area contributed by atoms with Crippen molar-refractivity contribution in [3.63, 3.8) is 0 Å². The molecular formula is C13H21NO5. The van der Waals surface area contributed by atoms with Crippen molar-refractivity contribution >= 4 is 17.8 Å². The van der Waals surface area contributed by atoms with E-state index in [0.29, 0.717) is 13.0 Å². The van der Waals surface area contributed by atoms with Gasteiger partial charge < -0.3 is 15.1 Å². The summed E-state index contributed by atoms with van der Waals surface area (Å²) in [5.41, 5.74) is 0. The summed E-state index contributed by atoms with van der Waals surface area (Å²) in [6.07, 6.45) is 3.42. The molecule has 0 aliphatic carbocycles. The van der Waals surface area contributed by atoms with Crippen LogP contribution < -0.4 is 0 Å². The van der Waals surface area contributed by atoms with Gasteiger partial charge in [0.2, 0.25) is 5.91 Å². The number of amides is 1. The maximum Gasteiger partial charge on any atom is 0.309 e. The molecule has 1 fully saturated rings. The molecule has 1 saturated heterocycles. The SMILES string of the molecule is CCCCCC(=O)N1CCC(C(=O)O)C(C(=O)O)C1. The number of hydrogen-bond acceptors (Lipinski definition) is 3. The summed E-state index contributed by atoms with van der Waals surface area (Å²) in [6.45, 7) is 2.40. The lowest BCUT2D eigenvalue weighted by Crippen LogP contribution is -2.48. The Hall–Kier alpha value is -1.59. The summed E-state index contributed by atoms with van der Waals surface area (Å²) in [5.74, 6) is -4.19. The number of nitrogens with zero attached hydrogens (tertiary/aromatic N) is 1. The quantitative estimate of drug-likeness (QED) is 0.708. The maximum atomic E-state index is 11.9. The van der Waals surface area contributed by atoms with E-state index in [1.165, 1.54) is 4.90 Å². The van der Waals surface area contributed by atoms with Crippen LogP contribution in [-0.2, 0) is 14.4 Å². The van der Waals surface area contributed by atoms with E-state index < -0.39 is 23.8 Å². The summed E-state index contributed by atoms with van der Waals surface area (Å²) in [5, 5.41) is 18.1. The minimum atomic E-state index is -1.14. The normalized spacial score (nSPS) is 23.1. The molecule has 19 heavy (non-hydrogen) atoms. The van der Waals surface area contributed by atoms with E-state index >= 15 is 0 Å². The summed E-state index contributed by atoms with van der Waals surface area (Å²) in [7, 11) is 0. The van der Waals surface area contributed by atoms with Crippen molar-refractivity contribution in [1.82, 2.24) is 4.90 Å². The molecule has 2 N–H and O–H groups in total. The number of carbonyl (C=O) groups excluding carboxylic acids is 1. The third-order valence-corrected chi connectivity index (χ3v) is 3.59. The van der Waals surface area contributed by atoms with Crippen LogP contribution in [0.2, 0.25) is 0 Å². The summed E-state index contributed by atoms with van der Waals surface area (Å²) in [6, 6.07) is 0. The zero-order chi connectivity index (χ0) is 14.4. The molecule has 0 aromatic carbocycles. The fourth-order valence-electron chi connectivity index (χ4n) is 2.41. The van der Waals surface area contributed by atoms with E-state index in [1.807, 2.05) is 6.92 Å². The standard InChI is InChI=1S/C13H21NO5/c1-2-3-4-5-11(15)14-7-6-9(12(16)17)10(8-14)13(18)19/h9-10H,2-8H2,1H3,(H,16,17)(H,18,19). The molecular weight excluding hydrogens is 250 g/mol. The van der Waals surface area contributed by atoms with Gasteiger partial charge in [-0.15, -0.1) is 0 Å². The Kier molecular flexibility index (Phi) is 5.79. The number of unbranched alkanes of at least 4 members (excludes halogenated alkanes) is 2. The molecule has 0 spiro atoms. The molecule has 2 unspecified atom stereocenters. The van der Waals surface area contributed by atoms with Gasteiger partial charge in [-0.2, -0.15) is 0 Å². The zero-order valence-electron chi connectivity index (χ0n) is 11.2. The number of carboxylic acid groups (broad SMARTS) is 2. The molecule has 108 valence electrons. The van der Waals surface area contributed by atoms with Gasteiger partial charge >= 0.3 is 11.9 Å². The first kappa shape index (κ1) is 15.5. The van der Waals surface area contributed by atoms with Gasteiger partial charge in [-0.05, 0) is 12.8 Å². The number of hydrogen-bond donors (Lipinski definition) is 2. The number of carbonyl (C=O) groups is 3. The maximum absolute atomic E-state index is 11.9. The largest absolute Gasteiger partial charge is 0.481 e. The van der Waals surface area contributed by atoms with Crippen molar-refractivity contribution in [3.8, 4) is 0 Å². The van der Waals surface area contributed by atoms with Crippen molar-refractivity contribution in [2.24, 2.45) is 11.8 Å². The van der Waals surface area contributed by atoms with Gasteiger partial charge in [0.25, 0.3) is 0 Å². The summed E-state index contributed by atoms with van der Waals surface area (Å²) < 4.78 is 0. The Morgan fingerprint density at radius 1 is 1.11 bits per heavy atom. The first-order chi connectivity index (χ1) is 8.97. The highest BCUT2D eigenvalue weighted by Gasteiger charge is 2.39. The smallest absolute Gasteiger partial charge is 0.309 e. The molecule has 0 bridgehead atoms. The minimum absolute atomic E-state index is 0.0112. The number of likely N-dealkylation sites (tertiary alicyclic amines) is 1. The van der Waals surface area contributed by atoms with Crippen LogP contribution in [0.3, 0.4) is 0 Å².